The molecule has 14 heavy (non-hydrogen) atoms. The number of carbonyl (C=O) groups excluding carboxylic acids is 1. The van der Waals surface area contributed by atoms with Crippen LogP contribution < -0.4 is 5.73 Å². The summed E-state index contributed by atoms with van der Waals surface area (Å²) in [6.45, 7) is 2.00. The molecule has 0 aliphatic rings. The summed E-state index contributed by atoms with van der Waals surface area (Å²) in [7, 11) is 0. The normalized spacial score (nSPS) is 10.7. The predicted molar refractivity (Wildman–Crippen MR) is 53.3 cm³/mol. The van der Waals surface area contributed by atoms with Crippen molar-refractivity contribution >= 4 is 11.3 Å². The number of rotatable bonds is 2. The fraction of sp³-hybridized carbons (Fsp3) is 0.200. The number of aryl methyl sites for hydroxylation is 1. The van der Waals surface area contributed by atoms with Gasteiger partial charge in [-0.3, -0.25) is 4.79 Å². The molecule has 0 aromatic carbocycles. The van der Waals surface area contributed by atoms with E-state index >= 15 is 0 Å². The number of nitrogens with zero attached hydrogens (tertiary/aromatic N) is 2. The van der Waals surface area contributed by atoms with Gasteiger partial charge in [0.25, 0.3) is 0 Å². The maximum absolute atomic E-state index is 11.4. The van der Waals surface area contributed by atoms with Crippen LogP contribution in [0.15, 0.2) is 24.5 Å². The number of nitrogens with two attached hydrogens (primary N) is 1. The maximum atomic E-state index is 11.4. The van der Waals surface area contributed by atoms with Crippen LogP contribution in [0.25, 0.3) is 5.52 Å². The molecule has 0 spiro atoms. The smallest absolute Gasteiger partial charge is 0.180 e. The molecule has 2 aromatic rings. The first-order valence-corrected chi connectivity index (χ1v) is 4.39. The molecule has 0 radical (unpaired) electrons. The van der Waals surface area contributed by atoms with Crippen LogP contribution in [0.1, 0.15) is 15.9 Å². The van der Waals surface area contributed by atoms with E-state index in [1.54, 1.807) is 10.7 Å². The van der Waals surface area contributed by atoms with Gasteiger partial charge in [-0.05, 0) is 18.6 Å². The number of carbonyl (C=O) groups is 1. The van der Waals surface area contributed by atoms with Crippen LogP contribution in [0.4, 0.5) is 0 Å². The summed E-state index contributed by atoms with van der Waals surface area (Å²) >= 11 is 0. The van der Waals surface area contributed by atoms with Crippen molar-refractivity contribution < 1.29 is 4.79 Å². The molecule has 0 bridgehead atoms. The molecule has 0 atom stereocenters. The zero-order valence-electron chi connectivity index (χ0n) is 7.90. The van der Waals surface area contributed by atoms with Gasteiger partial charge >= 0.3 is 0 Å². The fourth-order valence-corrected chi connectivity index (χ4v) is 1.41. The van der Waals surface area contributed by atoms with E-state index in [2.05, 4.69) is 5.10 Å². The number of ketones is 1. The first-order valence-electron chi connectivity index (χ1n) is 4.39. The third kappa shape index (κ3) is 1.29. The summed E-state index contributed by atoms with van der Waals surface area (Å²) in [5, 5.41) is 4.09. The molecular weight excluding hydrogens is 178 g/mol. The number of hydrogen-bond donors (Lipinski definition) is 1. The largest absolute Gasteiger partial charge is 0.324 e. The van der Waals surface area contributed by atoms with Crippen molar-refractivity contribution in [2.24, 2.45) is 5.73 Å². The first-order chi connectivity index (χ1) is 6.72. The highest BCUT2D eigenvalue weighted by Crippen LogP contribution is 2.11. The Kier molecular flexibility index (Phi) is 2.05. The SMILES string of the molecule is Cc1ccc2c(C(=O)CN)cnn2c1. The van der Waals surface area contributed by atoms with Gasteiger partial charge in [0.05, 0.1) is 23.8 Å². The van der Waals surface area contributed by atoms with E-state index in [4.69, 9.17) is 5.73 Å². The van der Waals surface area contributed by atoms with Crippen LogP contribution in [0, 0.1) is 6.92 Å². The Morgan fingerprint density at radius 1 is 1.57 bits per heavy atom. The van der Waals surface area contributed by atoms with E-state index in [1.807, 2.05) is 25.3 Å². The highest BCUT2D eigenvalue weighted by molar-refractivity contribution is 6.03. The van der Waals surface area contributed by atoms with Gasteiger partial charge in [-0.25, -0.2) is 4.52 Å². The molecule has 4 nitrogen and oxygen atoms in total. The van der Waals surface area contributed by atoms with Gasteiger partial charge in [0.15, 0.2) is 5.78 Å². The van der Waals surface area contributed by atoms with Crippen molar-refractivity contribution in [2.45, 2.75) is 6.92 Å². The zero-order chi connectivity index (χ0) is 10.1. The lowest BCUT2D eigenvalue weighted by atomic mass is 10.2. The second-order valence-corrected chi connectivity index (χ2v) is 3.22. The molecule has 0 unspecified atom stereocenters. The van der Waals surface area contributed by atoms with Crippen LogP contribution in [0.5, 0.6) is 0 Å². The number of Topliss-reactive ketones (excluding diaryl/α,β-unsaturated/α-hetero) is 1. The van der Waals surface area contributed by atoms with Gasteiger partial charge in [0.1, 0.15) is 0 Å². The third-order valence-electron chi connectivity index (χ3n) is 2.15. The molecule has 0 saturated heterocycles. The Balaban J connectivity index is 2.64. The fourth-order valence-electron chi connectivity index (χ4n) is 1.41. The molecule has 2 N–H and O–H groups in total. The van der Waals surface area contributed by atoms with Crippen molar-refractivity contribution in [1.29, 1.82) is 0 Å². The highest BCUT2D eigenvalue weighted by Gasteiger charge is 2.10. The summed E-state index contributed by atoms with van der Waals surface area (Å²) in [5.74, 6) is -0.0798. The molecule has 0 aliphatic heterocycles. The van der Waals surface area contributed by atoms with E-state index in [0.29, 0.717) is 5.56 Å². The molecule has 4 heteroatoms. The van der Waals surface area contributed by atoms with Crippen molar-refractivity contribution in [3.05, 3.63) is 35.7 Å². The molecule has 0 fully saturated rings. The molecular formula is C10H11N3O. The quantitative estimate of drug-likeness (QED) is 0.710. The van der Waals surface area contributed by atoms with Gasteiger partial charge in [0, 0.05) is 6.20 Å². The lowest BCUT2D eigenvalue weighted by Gasteiger charge is -1.97. The summed E-state index contributed by atoms with van der Waals surface area (Å²) in [4.78, 5) is 11.4. The monoisotopic (exact) mass is 189 g/mol. The van der Waals surface area contributed by atoms with Gasteiger partial charge in [-0.2, -0.15) is 5.10 Å². The number of aromatic nitrogens is 2. The predicted octanol–water partition coefficient (Wildman–Crippen LogP) is 0.784. The van der Waals surface area contributed by atoms with E-state index in [0.717, 1.165) is 11.1 Å². The topological polar surface area (TPSA) is 60.4 Å². The summed E-state index contributed by atoms with van der Waals surface area (Å²) in [6, 6.07) is 3.83. The van der Waals surface area contributed by atoms with Crippen LogP contribution in [-0.4, -0.2) is 21.9 Å². The van der Waals surface area contributed by atoms with E-state index < -0.39 is 0 Å². The Hall–Kier alpha value is -1.68. The molecule has 2 heterocycles. The van der Waals surface area contributed by atoms with E-state index in [-0.39, 0.29) is 12.3 Å². The maximum Gasteiger partial charge on any atom is 0.180 e. The number of hydrogen-bond acceptors (Lipinski definition) is 3. The second-order valence-electron chi connectivity index (χ2n) is 3.22. The Bertz CT molecular complexity index is 487. The molecule has 72 valence electrons. The number of fused-ring (bicyclic) bond motifs is 1. The minimum atomic E-state index is -0.0798. The lowest BCUT2D eigenvalue weighted by molar-refractivity contribution is 0.100. The Morgan fingerprint density at radius 2 is 2.36 bits per heavy atom. The first kappa shape index (κ1) is 8.90. The average molecular weight is 189 g/mol. The highest BCUT2D eigenvalue weighted by atomic mass is 16.1. The van der Waals surface area contributed by atoms with Gasteiger partial charge < -0.3 is 5.73 Å². The minimum Gasteiger partial charge on any atom is -0.324 e. The number of pyridine rings is 1. The third-order valence-corrected chi connectivity index (χ3v) is 2.15. The summed E-state index contributed by atoms with van der Waals surface area (Å²) in [6.07, 6.45) is 3.44. The van der Waals surface area contributed by atoms with Gasteiger partial charge in [-0.1, -0.05) is 6.07 Å². The average Bonchev–Trinajstić information content (AvgIpc) is 2.59. The van der Waals surface area contributed by atoms with Crippen molar-refractivity contribution in [2.75, 3.05) is 6.54 Å². The van der Waals surface area contributed by atoms with Gasteiger partial charge in [0.2, 0.25) is 0 Å². The van der Waals surface area contributed by atoms with Crippen molar-refractivity contribution in [3.63, 3.8) is 0 Å². The van der Waals surface area contributed by atoms with Crippen LogP contribution in [0.2, 0.25) is 0 Å². The zero-order valence-corrected chi connectivity index (χ0v) is 7.90. The Labute approximate surface area is 81.3 Å². The van der Waals surface area contributed by atoms with Crippen molar-refractivity contribution in [3.8, 4) is 0 Å². The van der Waals surface area contributed by atoms with Crippen LogP contribution in [-0.2, 0) is 0 Å². The molecule has 0 amide bonds. The summed E-state index contributed by atoms with van der Waals surface area (Å²) in [5.41, 5.74) is 7.80. The molecule has 0 aliphatic carbocycles. The molecule has 2 aromatic heterocycles. The van der Waals surface area contributed by atoms with E-state index in [9.17, 15) is 4.79 Å². The van der Waals surface area contributed by atoms with E-state index in [1.165, 1.54) is 0 Å². The second kappa shape index (κ2) is 3.23. The molecule has 2 rings (SSSR count). The van der Waals surface area contributed by atoms with Crippen LogP contribution in [0.3, 0.4) is 0 Å². The minimum absolute atomic E-state index is 0.0230. The lowest BCUT2D eigenvalue weighted by Crippen LogP contribution is -2.13. The van der Waals surface area contributed by atoms with Gasteiger partial charge in [-0.15, -0.1) is 0 Å². The van der Waals surface area contributed by atoms with Crippen molar-refractivity contribution in [1.82, 2.24) is 9.61 Å². The standard InChI is InChI=1S/C10H11N3O/c1-7-2-3-9-8(10(14)4-11)5-12-13(9)6-7/h2-3,5-6H,4,11H2,1H3. The Morgan fingerprint density at radius 3 is 3.07 bits per heavy atom. The van der Waals surface area contributed by atoms with Crippen LogP contribution >= 0.6 is 0 Å². The molecule has 0 saturated carbocycles. The summed E-state index contributed by atoms with van der Waals surface area (Å²) < 4.78 is 1.69.